The number of amides is 3. The Balaban J connectivity index is 1.39. The molecular formula is C47H64N4O5S. The number of methoxy groups -OCH3 is 2. The van der Waals surface area contributed by atoms with Crippen LogP contribution in [0.15, 0.2) is 52.9 Å². The van der Waals surface area contributed by atoms with E-state index in [9.17, 15) is 14.4 Å². The van der Waals surface area contributed by atoms with Gasteiger partial charge in [0.15, 0.2) is 0 Å². The number of carbonyl (C=O) groups is 3. The lowest BCUT2D eigenvalue weighted by Gasteiger charge is -2.59. The summed E-state index contributed by atoms with van der Waals surface area (Å²) >= 11 is 1.15. The van der Waals surface area contributed by atoms with E-state index in [0.29, 0.717) is 43.3 Å². The summed E-state index contributed by atoms with van der Waals surface area (Å²) in [6.07, 6.45) is 9.75. The Labute approximate surface area is 346 Å². The van der Waals surface area contributed by atoms with Crippen molar-refractivity contribution < 1.29 is 23.9 Å². The first-order chi connectivity index (χ1) is 26.6. The molecule has 4 unspecified atom stereocenters. The maximum absolute atomic E-state index is 13.8. The van der Waals surface area contributed by atoms with Gasteiger partial charge in [0, 0.05) is 53.3 Å². The summed E-state index contributed by atoms with van der Waals surface area (Å²) in [5.74, 6) is 4.62. The molecule has 0 saturated heterocycles. The molecule has 1 saturated carbocycles. The lowest BCUT2D eigenvalue weighted by Crippen LogP contribution is -2.53. The summed E-state index contributed by atoms with van der Waals surface area (Å²) in [7, 11) is 3.48. The fourth-order valence-electron chi connectivity index (χ4n) is 8.35. The van der Waals surface area contributed by atoms with Crippen molar-refractivity contribution in [1.29, 1.82) is 5.26 Å². The van der Waals surface area contributed by atoms with E-state index >= 15 is 0 Å². The molecule has 0 aliphatic heterocycles. The first-order valence-corrected chi connectivity index (χ1v) is 20.8. The molecule has 0 heterocycles. The highest BCUT2D eigenvalue weighted by Crippen LogP contribution is 2.65. The number of fused-ring (bicyclic) bond motifs is 1. The van der Waals surface area contributed by atoms with Gasteiger partial charge in [-0.3, -0.25) is 18.7 Å². The SMILES string of the molecule is C#CCCC(=O)N(CC#N)Sc1ccc(C(=O)NCC(C)CC(C)(C)C(=O)NCC2=CC(c3c(OC)cc(C(C)(C)C(C)(C)C)cc3OC)C3CC2C3(C)C)cc1. The van der Waals surface area contributed by atoms with E-state index in [2.05, 4.69) is 83.2 Å². The van der Waals surface area contributed by atoms with Crippen LogP contribution in [0.25, 0.3) is 0 Å². The molecule has 3 aliphatic carbocycles. The van der Waals surface area contributed by atoms with Crippen LogP contribution in [0, 0.1) is 57.7 Å². The highest BCUT2D eigenvalue weighted by Gasteiger charge is 2.56. The van der Waals surface area contributed by atoms with E-state index < -0.39 is 5.41 Å². The Morgan fingerprint density at radius 2 is 1.63 bits per heavy atom. The van der Waals surface area contributed by atoms with Crippen molar-refractivity contribution in [2.24, 2.45) is 34.0 Å². The largest absolute Gasteiger partial charge is 0.496 e. The fraction of sp³-hybridized carbons (Fsp3) is 0.574. The van der Waals surface area contributed by atoms with Gasteiger partial charge in [0.1, 0.15) is 18.0 Å². The van der Waals surface area contributed by atoms with Crippen molar-refractivity contribution in [2.75, 3.05) is 33.9 Å². The second kappa shape index (κ2) is 18.0. The number of carbonyl (C=O) groups excluding carboxylic acids is 3. The molecule has 10 heteroatoms. The number of allylic oxidation sites excluding steroid dienone is 1. The number of ether oxygens (including phenoxy) is 2. The molecule has 0 radical (unpaired) electrons. The summed E-state index contributed by atoms with van der Waals surface area (Å²) in [6, 6.07) is 13.3. The van der Waals surface area contributed by atoms with E-state index in [1.165, 1.54) is 15.4 Å². The van der Waals surface area contributed by atoms with Crippen molar-refractivity contribution in [2.45, 2.75) is 111 Å². The second-order valence-electron chi connectivity index (χ2n) is 18.6. The summed E-state index contributed by atoms with van der Waals surface area (Å²) in [5.41, 5.74) is 3.27. The molecule has 2 bridgehead atoms. The standard InChI is InChI=1S/C47H64N4O5S/c1-14-15-16-40(52)51(22-21-48)57-34-19-17-31(18-20-34)42(53)49-28-30(2)27-45(6,7)43(54)50-29-32-23-35(37-26-36(32)46(37,8)9)41-38(55-12)24-33(25-39(41)56-13)47(10,11)44(3,4)5/h1,17-20,23-25,30,35-37H,15-16,22,26-29H2,2-13H3,(H,49,53)(H,50,54). The molecule has 9 nitrogen and oxygen atoms in total. The third-order valence-corrected chi connectivity index (χ3v) is 14.0. The molecule has 57 heavy (non-hydrogen) atoms. The lowest BCUT2D eigenvalue weighted by atomic mass is 9.45. The van der Waals surface area contributed by atoms with Crippen LogP contribution >= 0.6 is 11.9 Å². The zero-order valence-electron chi connectivity index (χ0n) is 36.2. The van der Waals surface area contributed by atoms with E-state index in [1.54, 1.807) is 38.5 Å². The molecular weight excluding hydrogens is 733 g/mol. The van der Waals surface area contributed by atoms with Gasteiger partial charge in [0.25, 0.3) is 5.91 Å². The van der Waals surface area contributed by atoms with Gasteiger partial charge >= 0.3 is 0 Å². The van der Waals surface area contributed by atoms with Gasteiger partial charge in [-0.15, -0.1) is 12.3 Å². The number of hydrogen-bond acceptors (Lipinski definition) is 7. The molecule has 2 aromatic carbocycles. The van der Waals surface area contributed by atoms with Gasteiger partial charge in [-0.1, -0.05) is 80.9 Å². The van der Waals surface area contributed by atoms with Crippen molar-refractivity contribution >= 4 is 29.7 Å². The van der Waals surface area contributed by atoms with E-state index in [-0.39, 0.29) is 58.8 Å². The van der Waals surface area contributed by atoms with Crippen molar-refractivity contribution in [1.82, 2.24) is 14.9 Å². The van der Waals surface area contributed by atoms with Crippen LogP contribution in [0.2, 0.25) is 0 Å². The number of benzene rings is 2. The minimum absolute atomic E-state index is 0.0161. The monoisotopic (exact) mass is 796 g/mol. The van der Waals surface area contributed by atoms with Crippen LogP contribution in [0.1, 0.15) is 122 Å². The number of nitriles is 1. The van der Waals surface area contributed by atoms with Crippen LogP contribution < -0.4 is 20.1 Å². The first-order valence-electron chi connectivity index (χ1n) is 20.0. The molecule has 3 aliphatic rings. The predicted molar refractivity (Wildman–Crippen MR) is 229 cm³/mol. The Kier molecular flexibility index (Phi) is 14.3. The van der Waals surface area contributed by atoms with Gasteiger partial charge < -0.3 is 20.1 Å². The molecule has 4 atom stereocenters. The van der Waals surface area contributed by atoms with E-state index in [0.717, 1.165) is 40.3 Å². The molecule has 1 fully saturated rings. The average Bonchev–Trinajstić information content (AvgIpc) is 3.16. The van der Waals surface area contributed by atoms with Crippen molar-refractivity contribution in [3.63, 3.8) is 0 Å². The second-order valence-corrected chi connectivity index (χ2v) is 19.7. The normalized spacial score (nSPS) is 19.1. The molecule has 5 rings (SSSR count). The number of terminal acetylenes is 1. The average molecular weight is 797 g/mol. The van der Waals surface area contributed by atoms with Crippen molar-refractivity contribution in [3.8, 4) is 29.9 Å². The summed E-state index contributed by atoms with van der Waals surface area (Å²) < 4.78 is 13.6. The summed E-state index contributed by atoms with van der Waals surface area (Å²) in [4.78, 5) is 40.0. The maximum Gasteiger partial charge on any atom is 0.251 e. The van der Waals surface area contributed by atoms with Gasteiger partial charge in [0.2, 0.25) is 11.8 Å². The Morgan fingerprint density at radius 1 is 1.02 bits per heavy atom. The van der Waals surface area contributed by atoms with Crippen LogP contribution in [-0.4, -0.2) is 55.9 Å². The Morgan fingerprint density at radius 3 is 2.16 bits per heavy atom. The molecule has 308 valence electrons. The highest BCUT2D eigenvalue weighted by atomic mass is 32.2. The molecule has 0 aromatic heterocycles. The molecule has 0 spiro atoms. The summed E-state index contributed by atoms with van der Waals surface area (Å²) in [5, 5.41) is 15.5. The zero-order valence-corrected chi connectivity index (χ0v) is 37.0. The van der Waals surface area contributed by atoms with Gasteiger partial charge in [-0.25, -0.2) is 0 Å². The minimum atomic E-state index is -0.662. The first kappa shape index (κ1) is 45.3. The topological polar surface area (TPSA) is 121 Å². The van der Waals surface area contributed by atoms with E-state index in [4.69, 9.17) is 21.2 Å². The van der Waals surface area contributed by atoms with Crippen LogP contribution in [0.5, 0.6) is 11.5 Å². The summed E-state index contributed by atoms with van der Waals surface area (Å²) in [6.45, 7) is 22.8. The number of nitrogens with zero attached hydrogens (tertiary/aromatic N) is 2. The smallest absolute Gasteiger partial charge is 0.251 e. The van der Waals surface area contributed by atoms with Crippen molar-refractivity contribution in [3.05, 3.63) is 64.7 Å². The predicted octanol–water partition coefficient (Wildman–Crippen LogP) is 9.08. The van der Waals surface area contributed by atoms with Crippen LogP contribution in [0.4, 0.5) is 0 Å². The van der Waals surface area contributed by atoms with Crippen LogP contribution in [0.3, 0.4) is 0 Å². The minimum Gasteiger partial charge on any atom is -0.496 e. The highest BCUT2D eigenvalue weighted by molar-refractivity contribution is 7.97. The maximum atomic E-state index is 13.8. The molecule has 2 N–H and O–H groups in total. The quantitative estimate of drug-likeness (QED) is 0.0710. The fourth-order valence-corrected chi connectivity index (χ4v) is 9.18. The van der Waals surface area contributed by atoms with Crippen LogP contribution in [-0.2, 0) is 15.0 Å². The number of nitrogens with one attached hydrogen (secondary N) is 2. The number of hydrogen-bond donors (Lipinski definition) is 2. The molecule has 3 amide bonds. The zero-order chi connectivity index (χ0) is 42.5. The van der Waals surface area contributed by atoms with Gasteiger partial charge in [0.05, 0.1) is 20.3 Å². The third kappa shape index (κ3) is 10.0. The number of rotatable bonds is 17. The lowest BCUT2D eigenvalue weighted by molar-refractivity contribution is -0.130. The third-order valence-electron chi connectivity index (χ3n) is 12.9. The van der Waals surface area contributed by atoms with E-state index in [1.807, 2.05) is 26.8 Å². The van der Waals surface area contributed by atoms with Gasteiger partial charge in [-0.2, -0.15) is 5.26 Å². The Bertz CT molecular complexity index is 1890. The Hall–Kier alpha value is -4.41. The van der Waals surface area contributed by atoms with Gasteiger partial charge in [-0.05, 0) is 101 Å². The molecule has 2 aromatic rings.